The summed E-state index contributed by atoms with van der Waals surface area (Å²) < 4.78 is 12.7. The molecule has 0 spiro atoms. The third-order valence-corrected chi connectivity index (χ3v) is 3.70. The van der Waals surface area contributed by atoms with E-state index in [1.165, 1.54) is 0 Å². The SMILES string of the molecule is C=CCn1c(CC)nc(-c2cc(Cl)c3c(c2)OCO3)c1N. The van der Waals surface area contributed by atoms with Crippen molar-refractivity contribution in [3.05, 3.63) is 35.6 Å². The van der Waals surface area contributed by atoms with Crippen molar-refractivity contribution in [1.82, 2.24) is 9.55 Å². The quantitative estimate of drug-likeness (QED) is 0.881. The van der Waals surface area contributed by atoms with Crippen molar-refractivity contribution in [3.63, 3.8) is 0 Å². The third kappa shape index (κ3) is 2.23. The first-order valence-electron chi connectivity index (χ1n) is 6.71. The number of nitrogens with two attached hydrogens (primary N) is 1. The van der Waals surface area contributed by atoms with Gasteiger partial charge in [-0.25, -0.2) is 4.98 Å². The van der Waals surface area contributed by atoms with Gasteiger partial charge in [-0.05, 0) is 12.1 Å². The number of imidazole rings is 1. The van der Waals surface area contributed by atoms with Gasteiger partial charge < -0.3 is 19.8 Å². The molecule has 0 bridgehead atoms. The Morgan fingerprint density at radius 3 is 3.00 bits per heavy atom. The summed E-state index contributed by atoms with van der Waals surface area (Å²) in [6.45, 7) is 6.60. The monoisotopic (exact) mass is 305 g/mol. The van der Waals surface area contributed by atoms with Gasteiger partial charge in [-0.3, -0.25) is 0 Å². The van der Waals surface area contributed by atoms with E-state index in [9.17, 15) is 0 Å². The molecule has 6 heteroatoms. The normalized spacial score (nSPS) is 12.7. The Kier molecular flexibility index (Phi) is 3.51. The topological polar surface area (TPSA) is 62.3 Å². The molecule has 1 aliphatic heterocycles. The lowest BCUT2D eigenvalue weighted by atomic mass is 10.1. The van der Waals surface area contributed by atoms with Gasteiger partial charge in [0.25, 0.3) is 0 Å². The fraction of sp³-hybridized carbons (Fsp3) is 0.267. The highest BCUT2D eigenvalue weighted by Crippen LogP contribution is 2.43. The first-order valence-corrected chi connectivity index (χ1v) is 7.08. The maximum absolute atomic E-state index is 6.23. The summed E-state index contributed by atoms with van der Waals surface area (Å²) in [7, 11) is 0. The number of nitrogens with zero attached hydrogens (tertiary/aromatic N) is 2. The second-order valence-electron chi connectivity index (χ2n) is 4.71. The number of nitrogen functional groups attached to an aromatic ring is 1. The number of hydrogen-bond acceptors (Lipinski definition) is 4. The number of fused-ring (bicyclic) bond motifs is 1. The number of rotatable bonds is 4. The van der Waals surface area contributed by atoms with Crippen LogP contribution in [-0.4, -0.2) is 16.3 Å². The van der Waals surface area contributed by atoms with Gasteiger partial charge in [0.15, 0.2) is 11.5 Å². The molecule has 0 radical (unpaired) electrons. The Morgan fingerprint density at radius 1 is 1.48 bits per heavy atom. The molecule has 0 unspecified atom stereocenters. The molecule has 2 aromatic rings. The number of halogens is 1. The van der Waals surface area contributed by atoms with Crippen LogP contribution in [0.3, 0.4) is 0 Å². The minimum atomic E-state index is 0.180. The summed E-state index contributed by atoms with van der Waals surface area (Å²) in [5.41, 5.74) is 7.75. The van der Waals surface area contributed by atoms with Gasteiger partial charge in [0.1, 0.15) is 17.3 Å². The lowest BCUT2D eigenvalue weighted by molar-refractivity contribution is 0.174. The van der Waals surface area contributed by atoms with E-state index >= 15 is 0 Å². The number of benzene rings is 1. The molecule has 3 rings (SSSR count). The zero-order chi connectivity index (χ0) is 15.0. The second-order valence-corrected chi connectivity index (χ2v) is 5.11. The number of hydrogen-bond donors (Lipinski definition) is 1. The van der Waals surface area contributed by atoms with Crippen LogP contribution in [0.1, 0.15) is 12.7 Å². The number of anilines is 1. The first kappa shape index (κ1) is 13.8. The van der Waals surface area contributed by atoms with Crippen LogP contribution in [0.4, 0.5) is 5.82 Å². The molecular formula is C15H16ClN3O2. The maximum Gasteiger partial charge on any atom is 0.231 e. The lowest BCUT2D eigenvalue weighted by Gasteiger charge is -2.06. The zero-order valence-corrected chi connectivity index (χ0v) is 12.5. The molecule has 1 aromatic heterocycles. The van der Waals surface area contributed by atoms with Crippen molar-refractivity contribution in [2.24, 2.45) is 0 Å². The van der Waals surface area contributed by atoms with Gasteiger partial charge in [0.2, 0.25) is 6.79 Å². The van der Waals surface area contributed by atoms with E-state index in [4.69, 9.17) is 26.8 Å². The number of aromatic nitrogens is 2. The summed E-state index contributed by atoms with van der Waals surface area (Å²) in [6.07, 6.45) is 2.59. The Hall–Kier alpha value is -2.14. The van der Waals surface area contributed by atoms with Crippen LogP contribution < -0.4 is 15.2 Å². The van der Waals surface area contributed by atoms with Gasteiger partial charge in [-0.1, -0.05) is 24.6 Å². The van der Waals surface area contributed by atoms with Crippen LogP contribution in [0.15, 0.2) is 24.8 Å². The Bertz CT molecular complexity index is 709. The molecule has 1 aliphatic rings. The van der Waals surface area contributed by atoms with E-state index in [1.54, 1.807) is 12.1 Å². The molecule has 2 N–H and O–H groups in total. The average molecular weight is 306 g/mol. The van der Waals surface area contributed by atoms with Crippen LogP contribution in [0.5, 0.6) is 11.5 Å². The highest BCUT2D eigenvalue weighted by molar-refractivity contribution is 6.32. The molecule has 2 heterocycles. The standard InChI is InChI=1S/C15H16ClN3O2/c1-3-5-19-12(4-2)18-13(15(19)17)9-6-10(16)14-11(7-9)20-8-21-14/h3,6-7H,1,4-5,8,17H2,2H3. The molecule has 110 valence electrons. The fourth-order valence-corrected chi connectivity index (χ4v) is 2.70. The zero-order valence-electron chi connectivity index (χ0n) is 11.7. The van der Waals surface area contributed by atoms with E-state index in [-0.39, 0.29) is 6.79 Å². The van der Waals surface area contributed by atoms with Gasteiger partial charge in [0, 0.05) is 18.5 Å². The third-order valence-electron chi connectivity index (χ3n) is 3.41. The molecule has 0 saturated heterocycles. The summed E-state index contributed by atoms with van der Waals surface area (Å²) >= 11 is 6.22. The predicted octanol–water partition coefficient (Wildman–Crippen LogP) is 3.26. The van der Waals surface area contributed by atoms with Crippen LogP contribution in [0.2, 0.25) is 5.02 Å². The molecule has 0 amide bonds. The van der Waals surface area contributed by atoms with Crippen LogP contribution >= 0.6 is 11.6 Å². The van der Waals surface area contributed by atoms with E-state index in [0.717, 1.165) is 17.8 Å². The number of ether oxygens (including phenoxy) is 2. The van der Waals surface area contributed by atoms with Crippen LogP contribution in [0, 0.1) is 0 Å². The maximum atomic E-state index is 6.23. The average Bonchev–Trinajstić information content (AvgIpc) is 3.05. The summed E-state index contributed by atoms with van der Waals surface area (Å²) in [5.74, 6) is 2.70. The minimum Gasteiger partial charge on any atom is -0.454 e. The number of aryl methyl sites for hydroxylation is 1. The van der Waals surface area contributed by atoms with Crippen molar-refractivity contribution in [2.45, 2.75) is 19.9 Å². The lowest BCUT2D eigenvalue weighted by Crippen LogP contribution is -2.05. The van der Waals surface area contributed by atoms with Crippen molar-refractivity contribution >= 4 is 17.4 Å². The van der Waals surface area contributed by atoms with Crippen molar-refractivity contribution in [2.75, 3.05) is 12.5 Å². The Morgan fingerprint density at radius 2 is 2.29 bits per heavy atom. The minimum absolute atomic E-state index is 0.180. The highest BCUT2D eigenvalue weighted by atomic mass is 35.5. The molecule has 1 aromatic carbocycles. The van der Waals surface area contributed by atoms with Crippen molar-refractivity contribution in [1.29, 1.82) is 0 Å². The smallest absolute Gasteiger partial charge is 0.231 e. The second kappa shape index (κ2) is 5.33. The molecular weight excluding hydrogens is 290 g/mol. The summed E-state index contributed by atoms with van der Waals surface area (Å²) in [4.78, 5) is 4.62. The summed E-state index contributed by atoms with van der Waals surface area (Å²) in [5, 5.41) is 0.496. The Balaban J connectivity index is 2.13. The molecule has 5 nitrogen and oxygen atoms in total. The van der Waals surface area contributed by atoms with E-state index in [0.29, 0.717) is 34.6 Å². The van der Waals surface area contributed by atoms with E-state index < -0.39 is 0 Å². The van der Waals surface area contributed by atoms with Gasteiger partial charge in [0.05, 0.1) is 5.02 Å². The predicted molar refractivity (Wildman–Crippen MR) is 82.8 cm³/mol. The highest BCUT2D eigenvalue weighted by Gasteiger charge is 2.22. The van der Waals surface area contributed by atoms with Crippen LogP contribution in [0.25, 0.3) is 11.3 Å². The Labute approximate surface area is 127 Å². The van der Waals surface area contributed by atoms with Gasteiger partial charge in [-0.2, -0.15) is 0 Å². The molecule has 0 fully saturated rings. The molecule has 0 saturated carbocycles. The first-order chi connectivity index (χ1) is 10.2. The molecule has 21 heavy (non-hydrogen) atoms. The molecule has 0 atom stereocenters. The fourth-order valence-electron chi connectivity index (χ4n) is 2.43. The molecule has 0 aliphatic carbocycles. The van der Waals surface area contributed by atoms with Gasteiger partial charge in [-0.15, -0.1) is 6.58 Å². The summed E-state index contributed by atoms with van der Waals surface area (Å²) in [6, 6.07) is 3.65. The van der Waals surface area contributed by atoms with E-state index in [2.05, 4.69) is 11.6 Å². The van der Waals surface area contributed by atoms with E-state index in [1.807, 2.05) is 17.6 Å². The van der Waals surface area contributed by atoms with Crippen molar-refractivity contribution < 1.29 is 9.47 Å². The van der Waals surface area contributed by atoms with Crippen LogP contribution in [-0.2, 0) is 13.0 Å². The number of allylic oxidation sites excluding steroid dienone is 1. The van der Waals surface area contributed by atoms with Crippen molar-refractivity contribution in [3.8, 4) is 22.8 Å². The largest absolute Gasteiger partial charge is 0.454 e. The van der Waals surface area contributed by atoms with Gasteiger partial charge >= 0.3 is 0 Å².